The van der Waals surface area contributed by atoms with E-state index in [2.05, 4.69) is 5.32 Å². The Kier molecular flexibility index (Phi) is 4.08. The minimum atomic E-state index is -3.10. The normalized spacial score (nSPS) is 24.6. The molecule has 1 aliphatic carbocycles. The van der Waals surface area contributed by atoms with E-state index in [1.54, 1.807) is 17.0 Å². The molecule has 1 heterocycles. The van der Waals surface area contributed by atoms with Crippen LogP contribution >= 0.6 is 0 Å². The second kappa shape index (κ2) is 5.87. The van der Waals surface area contributed by atoms with E-state index in [0.29, 0.717) is 0 Å². The summed E-state index contributed by atoms with van der Waals surface area (Å²) in [5, 5.41) is 2.56. The molecule has 2 aliphatic rings. The monoisotopic (exact) mass is 326 g/mol. The molecular weight excluding hydrogens is 307 g/mol. The molecule has 1 unspecified atom stereocenters. The van der Waals surface area contributed by atoms with E-state index in [0.717, 1.165) is 19.3 Å². The number of amides is 2. The molecule has 1 saturated carbocycles. The summed E-state index contributed by atoms with van der Waals surface area (Å²) in [6.45, 7) is 0.170. The molecule has 2 fully saturated rings. The van der Waals surface area contributed by atoms with Gasteiger partial charge in [-0.2, -0.15) is 0 Å². The molecular formula is C15H19FN2O3S. The van der Waals surface area contributed by atoms with Crippen molar-refractivity contribution in [1.29, 1.82) is 0 Å². The summed E-state index contributed by atoms with van der Waals surface area (Å²) < 4.78 is 37.4. The zero-order valence-corrected chi connectivity index (χ0v) is 13.0. The first-order valence-electron chi connectivity index (χ1n) is 7.49. The van der Waals surface area contributed by atoms with Gasteiger partial charge in [0.1, 0.15) is 5.82 Å². The Balaban J connectivity index is 1.76. The van der Waals surface area contributed by atoms with Gasteiger partial charge in [-0.05, 0) is 30.9 Å². The van der Waals surface area contributed by atoms with E-state index in [1.807, 2.05) is 0 Å². The molecule has 22 heavy (non-hydrogen) atoms. The average molecular weight is 326 g/mol. The van der Waals surface area contributed by atoms with Gasteiger partial charge in [-0.15, -0.1) is 0 Å². The van der Waals surface area contributed by atoms with Crippen molar-refractivity contribution in [3.8, 4) is 0 Å². The number of urea groups is 1. The maximum Gasteiger partial charge on any atom is 0.322 e. The zero-order chi connectivity index (χ0) is 15.7. The summed E-state index contributed by atoms with van der Waals surface area (Å²) in [5.74, 6) is -0.273. The van der Waals surface area contributed by atoms with E-state index in [-0.39, 0.29) is 35.7 Å². The van der Waals surface area contributed by atoms with Crippen molar-refractivity contribution in [2.45, 2.75) is 25.3 Å². The molecule has 2 amide bonds. The van der Waals surface area contributed by atoms with Gasteiger partial charge in [0.2, 0.25) is 0 Å². The second-order valence-corrected chi connectivity index (χ2v) is 8.20. The van der Waals surface area contributed by atoms with Gasteiger partial charge in [-0.3, -0.25) is 0 Å². The number of carbonyl (C=O) groups excluding carboxylic acids is 1. The number of anilines is 1. The fourth-order valence-electron chi connectivity index (χ4n) is 3.05. The number of para-hydroxylation sites is 1. The van der Waals surface area contributed by atoms with Gasteiger partial charge in [0.25, 0.3) is 0 Å². The number of rotatable bonds is 2. The SMILES string of the molecule is O=C(Nc1ccccc1F)N1CCS(=O)(=O)CC1C1CCC1. The highest BCUT2D eigenvalue weighted by Crippen LogP contribution is 2.34. The van der Waals surface area contributed by atoms with Crippen molar-refractivity contribution < 1.29 is 17.6 Å². The first-order valence-corrected chi connectivity index (χ1v) is 9.31. The predicted molar refractivity (Wildman–Crippen MR) is 81.9 cm³/mol. The van der Waals surface area contributed by atoms with Crippen LogP contribution in [0.2, 0.25) is 0 Å². The topological polar surface area (TPSA) is 66.5 Å². The van der Waals surface area contributed by atoms with Crippen LogP contribution < -0.4 is 5.32 Å². The molecule has 7 heteroatoms. The van der Waals surface area contributed by atoms with Crippen LogP contribution in [0.25, 0.3) is 0 Å². The molecule has 1 N–H and O–H groups in total. The van der Waals surface area contributed by atoms with E-state index in [1.165, 1.54) is 12.1 Å². The van der Waals surface area contributed by atoms with Crippen molar-refractivity contribution in [2.24, 2.45) is 5.92 Å². The lowest BCUT2D eigenvalue weighted by atomic mass is 9.79. The number of benzene rings is 1. The average Bonchev–Trinajstić information content (AvgIpc) is 2.38. The van der Waals surface area contributed by atoms with Gasteiger partial charge < -0.3 is 10.2 Å². The molecule has 1 aromatic rings. The molecule has 1 aliphatic heterocycles. The van der Waals surface area contributed by atoms with Crippen molar-refractivity contribution in [1.82, 2.24) is 4.90 Å². The lowest BCUT2D eigenvalue weighted by Gasteiger charge is -2.43. The Labute approximate surface area is 129 Å². The van der Waals surface area contributed by atoms with Gasteiger partial charge in [0.05, 0.1) is 23.2 Å². The first kappa shape index (κ1) is 15.3. The molecule has 0 aromatic heterocycles. The third kappa shape index (κ3) is 3.09. The van der Waals surface area contributed by atoms with Crippen LogP contribution in [-0.2, 0) is 9.84 Å². The van der Waals surface area contributed by atoms with Crippen LogP contribution in [0.4, 0.5) is 14.9 Å². The summed E-state index contributed by atoms with van der Waals surface area (Å²) in [4.78, 5) is 14.0. The van der Waals surface area contributed by atoms with E-state index in [9.17, 15) is 17.6 Å². The molecule has 0 radical (unpaired) electrons. The fraction of sp³-hybridized carbons (Fsp3) is 0.533. The van der Waals surface area contributed by atoms with E-state index < -0.39 is 21.7 Å². The number of hydrogen-bond acceptors (Lipinski definition) is 3. The van der Waals surface area contributed by atoms with Crippen molar-refractivity contribution in [2.75, 3.05) is 23.4 Å². The number of hydrogen-bond donors (Lipinski definition) is 1. The molecule has 0 bridgehead atoms. The highest BCUT2D eigenvalue weighted by atomic mass is 32.2. The number of nitrogens with zero attached hydrogens (tertiary/aromatic N) is 1. The Bertz CT molecular complexity index is 673. The molecule has 1 aromatic carbocycles. The summed E-state index contributed by atoms with van der Waals surface area (Å²) >= 11 is 0. The minimum absolute atomic E-state index is 0.0162. The van der Waals surface area contributed by atoms with Crippen molar-refractivity contribution >= 4 is 21.6 Å². The Morgan fingerprint density at radius 3 is 2.64 bits per heavy atom. The Morgan fingerprint density at radius 1 is 1.27 bits per heavy atom. The molecule has 5 nitrogen and oxygen atoms in total. The number of nitrogens with one attached hydrogen (secondary N) is 1. The molecule has 1 saturated heterocycles. The lowest BCUT2D eigenvalue weighted by Crippen LogP contribution is -2.56. The standard InChI is InChI=1S/C15H19FN2O3S/c16-12-6-1-2-7-13(12)17-15(19)18-8-9-22(20,21)10-14(18)11-4-3-5-11/h1-2,6-7,11,14H,3-5,8-10H2,(H,17,19). The second-order valence-electron chi connectivity index (χ2n) is 5.98. The third-order valence-electron chi connectivity index (χ3n) is 4.54. The van der Waals surface area contributed by atoms with E-state index in [4.69, 9.17) is 0 Å². The highest BCUT2D eigenvalue weighted by Gasteiger charge is 2.40. The van der Waals surface area contributed by atoms with Gasteiger partial charge in [-0.25, -0.2) is 17.6 Å². The summed E-state index contributed by atoms with van der Waals surface area (Å²) in [6, 6.07) is 5.25. The van der Waals surface area contributed by atoms with Crippen LogP contribution in [0.1, 0.15) is 19.3 Å². The molecule has 1 atom stereocenters. The number of halogens is 1. The Morgan fingerprint density at radius 2 is 2.00 bits per heavy atom. The fourth-order valence-corrected chi connectivity index (χ4v) is 4.67. The maximum absolute atomic E-state index is 13.6. The summed E-state index contributed by atoms with van der Waals surface area (Å²) in [5.41, 5.74) is 0.119. The molecule has 0 spiro atoms. The summed E-state index contributed by atoms with van der Waals surface area (Å²) in [6.07, 6.45) is 2.97. The smallest absolute Gasteiger partial charge is 0.319 e. The molecule has 120 valence electrons. The van der Waals surface area contributed by atoms with E-state index >= 15 is 0 Å². The van der Waals surface area contributed by atoms with Crippen LogP contribution in [0.15, 0.2) is 24.3 Å². The van der Waals surface area contributed by atoms with Crippen molar-refractivity contribution in [3.63, 3.8) is 0 Å². The third-order valence-corrected chi connectivity index (χ3v) is 6.19. The van der Waals surface area contributed by atoms with Crippen LogP contribution in [0.3, 0.4) is 0 Å². The van der Waals surface area contributed by atoms with Crippen LogP contribution in [-0.4, -0.2) is 43.4 Å². The number of sulfone groups is 1. The number of carbonyl (C=O) groups is 1. The zero-order valence-electron chi connectivity index (χ0n) is 12.2. The van der Waals surface area contributed by atoms with Gasteiger partial charge >= 0.3 is 6.03 Å². The van der Waals surface area contributed by atoms with Crippen LogP contribution in [0, 0.1) is 11.7 Å². The van der Waals surface area contributed by atoms with Crippen molar-refractivity contribution in [3.05, 3.63) is 30.1 Å². The summed E-state index contributed by atoms with van der Waals surface area (Å²) in [7, 11) is -3.10. The lowest BCUT2D eigenvalue weighted by molar-refractivity contribution is 0.131. The van der Waals surface area contributed by atoms with Gasteiger partial charge in [0, 0.05) is 6.54 Å². The maximum atomic E-state index is 13.6. The van der Waals surface area contributed by atoms with Gasteiger partial charge in [0.15, 0.2) is 9.84 Å². The Hall–Kier alpha value is -1.63. The first-order chi connectivity index (χ1) is 10.5. The quantitative estimate of drug-likeness (QED) is 0.906. The predicted octanol–water partition coefficient (Wildman–Crippen LogP) is 2.26. The highest BCUT2D eigenvalue weighted by molar-refractivity contribution is 7.91. The minimum Gasteiger partial charge on any atom is -0.319 e. The van der Waals surface area contributed by atoms with Crippen LogP contribution in [0.5, 0.6) is 0 Å². The largest absolute Gasteiger partial charge is 0.322 e. The van der Waals surface area contributed by atoms with Gasteiger partial charge in [-0.1, -0.05) is 18.6 Å². The molecule has 3 rings (SSSR count).